The molecule has 1 aliphatic carbocycles. The molecule has 0 bridgehead atoms. The summed E-state index contributed by atoms with van der Waals surface area (Å²) in [6.45, 7) is 0.289. The fourth-order valence-electron chi connectivity index (χ4n) is 5.47. The number of aliphatic hydroxyl groups is 1. The van der Waals surface area contributed by atoms with E-state index in [1.54, 1.807) is 20.3 Å². The molecule has 0 unspecified atom stereocenters. The van der Waals surface area contributed by atoms with Crippen LogP contribution in [0.5, 0.6) is 28.7 Å². The highest BCUT2D eigenvalue weighted by Gasteiger charge is 2.52. The summed E-state index contributed by atoms with van der Waals surface area (Å²) in [5, 5.41) is 15.9. The molecule has 1 saturated heterocycles. The smallest absolute Gasteiger partial charge is 0.310 e. The van der Waals surface area contributed by atoms with Crippen molar-refractivity contribution in [3.63, 3.8) is 0 Å². The number of benzene rings is 3. The van der Waals surface area contributed by atoms with E-state index in [4.69, 9.17) is 39.3 Å². The quantitative estimate of drug-likeness (QED) is 0.295. The number of nitrogen functional groups attached to an aromatic ring is 1. The maximum atomic E-state index is 12.7. The van der Waals surface area contributed by atoms with Crippen LogP contribution in [0.25, 0.3) is 0 Å². The second-order valence-corrected chi connectivity index (χ2v) is 11.2. The van der Waals surface area contributed by atoms with E-state index in [2.05, 4.69) is 0 Å². The summed E-state index contributed by atoms with van der Waals surface area (Å²) in [6, 6.07) is 13.0. The zero-order chi connectivity index (χ0) is 29.5. The van der Waals surface area contributed by atoms with E-state index < -0.39 is 22.0 Å². The topological polar surface area (TPSA) is 179 Å². The number of nitrogens with two attached hydrogens (primary N) is 2. The van der Waals surface area contributed by atoms with Gasteiger partial charge in [0, 0.05) is 17.5 Å². The highest BCUT2D eigenvalue weighted by Crippen LogP contribution is 2.55. The Bertz CT molecular complexity index is 1550. The summed E-state index contributed by atoms with van der Waals surface area (Å²) < 4.78 is 54.3. The number of esters is 1. The van der Waals surface area contributed by atoms with Crippen molar-refractivity contribution in [2.75, 3.05) is 40.5 Å². The van der Waals surface area contributed by atoms with Crippen molar-refractivity contribution in [2.45, 2.75) is 16.9 Å². The largest absolute Gasteiger partial charge is 0.493 e. The number of carbonyl (C=O) groups excluding carboxylic acids is 1. The first-order valence-electron chi connectivity index (χ1n) is 12.5. The van der Waals surface area contributed by atoms with Gasteiger partial charge in [-0.15, -0.1) is 0 Å². The summed E-state index contributed by atoms with van der Waals surface area (Å²) in [5.41, 5.74) is 8.14. The van der Waals surface area contributed by atoms with E-state index in [1.807, 2.05) is 18.2 Å². The maximum absolute atomic E-state index is 12.7. The number of rotatable bonds is 5. The lowest BCUT2D eigenvalue weighted by Gasteiger charge is -2.37. The zero-order valence-electron chi connectivity index (χ0n) is 22.5. The van der Waals surface area contributed by atoms with Gasteiger partial charge < -0.3 is 39.3 Å². The van der Waals surface area contributed by atoms with Crippen LogP contribution >= 0.6 is 0 Å². The van der Waals surface area contributed by atoms with E-state index in [0.29, 0.717) is 40.0 Å². The third-order valence-corrected chi connectivity index (χ3v) is 8.33. The molecule has 0 saturated carbocycles. The normalized spacial score (nSPS) is 22.0. The Morgan fingerprint density at radius 2 is 1.46 bits per heavy atom. The van der Waals surface area contributed by atoms with Crippen molar-refractivity contribution in [1.82, 2.24) is 0 Å². The number of cyclic esters (lactones) is 1. The maximum Gasteiger partial charge on any atom is 0.310 e. The molecule has 4 atom stereocenters. The summed E-state index contributed by atoms with van der Waals surface area (Å²) in [4.78, 5) is 12.8. The summed E-state index contributed by atoms with van der Waals surface area (Å²) in [5.74, 6) is 0.989. The molecule has 41 heavy (non-hydrogen) atoms. The van der Waals surface area contributed by atoms with Gasteiger partial charge in [-0.05, 0) is 65.2 Å². The standard InChI is InChI=1S/C22H22O8.C6H8N2O2S/c1-25-16-4-10(5-17(26-2)21(16)27-3)18-11-6-14-15(30-9-29-14)7-12(11)20(23)13-8-28-22(24)19(13)18;7-5-1-3-6(4-2-5)11(8,9)10/h4-7,13,18-20,23H,8-9H2,1-3H3;1-4H,7H2,(H2,8,9,10)/t13-,18+,19-,20-;/m0./s1. The third-order valence-electron chi connectivity index (χ3n) is 7.40. The lowest BCUT2D eigenvalue weighted by Crippen LogP contribution is -2.34. The molecule has 0 aromatic heterocycles. The molecule has 6 rings (SSSR count). The highest BCUT2D eigenvalue weighted by atomic mass is 32.2. The van der Waals surface area contributed by atoms with Crippen molar-refractivity contribution in [3.8, 4) is 28.7 Å². The van der Waals surface area contributed by atoms with Crippen molar-refractivity contribution in [2.24, 2.45) is 17.0 Å². The second kappa shape index (κ2) is 11.0. The first kappa shape index (κ1) is 28.3. The van der Waals surface area contributed by atoms with Crippen LogP contribution in [0.4, 0.5) is 5.69 Å². The van der Waals surface area contributed by atoms with Gasteiger partial charge in [0.1, 0.15) is 0 Å². The van der Waals surface area contributed by atoms with E-state index in [-0.39, 0.29) is 36.1 Å². The first-order valence-corrected chi connectivity index (χ1v) is 14.1. The number of carbonyl (C=O) groups is 1. The van der Waals surface area contributed by atoms with Crippen LogP contribution in [-0.2, 0) is 19.6 Å². The van der Waals surface area contributed by atoms with E-state index in [0.717, 1.165) is 11.1 Å². The molecule has 218 valence electrons. The van der Waals surface area contributed by atoms with Crippen LogP contribution in [-0.4, -0.2) is 54.2 Å². The number of hydrogen-bond acceptors (Lipinski definition) is 11. The van der Waals surface area contributed by atoms with Gasteiger partial charge in [-0.2, -0.15) is 0 Å². The average Bonchev–Trinajstić information content (AvgIpc) is 3.58. The number of methoxy groups -OCH3 is 3. The molecule has 1 fully saturated rings. The lowest BCUT2D eigenvalue weighted by atomic mass is 9.66. The molecule has 3 aliphatic rings. The molecule has 13 heteroatoms. The van der Waals surface area contributed by atoms with Crippen LogP contribution < -0.4 is 34.6 Å². The van der Waals surface area contributed by atoms with Gasteiger partial charge in [0.05, 0.1) is 44.9 Å². The molecule has 12 nitrogen and oxygen atoms in total. The van der Waals surface area contributed by atoms with Gasteiger partial charge in [-0.25, -0.2) is 13.6 Å². The van der Waals surface area contributed by atoms with Crippen LogP contribution in [0.3, 0.4) is 0 Å². The summed E-state index contributed by atoms with van der Waals surface area (Å²) in [7, 11) is 1.06. The lowest BCUT2D eigenvalue weighted by molar-refractivity contribution is -0.141. The molecule has 2 aliphatic heterocycles. The Hall–Kier alpha value is -4.20. The molecule has 3 aromatic carbocycles. The summed E-state index contributed by atoms with van der Waals surface area (Å²) in [6.07, 6.45) is -0.843. The van der Waals surface area contributed by atoms with Gasteiger partial charge in [0.25, 0.3) is 0 Å². The second-order valence-electron chi connectivity index (χ2n) is 9.65. The average molecular weight is 587 g/mol. The minimum Gasteiger partial charge on any atom is -0.493 e. The fraction of sp³-hybridized carbons (Fsp3) is 0.321. The molecule has 2 heterocycles. The van der Waals surface area contributed by atoms with Gasteiger partial charge in [-0.1, -0.05) is 0 Å². The van der Waals surface area contributed by atoms with Crippen LogP contribution in [0.15, 0.2) is 53.4 Å². The van der Waals surface area contributed by atoms with Crippen molar-refractivity contribution in [3.05, 3.63) is 65.2 Å². The van der Waals surface area contributed by atoms with Crippen molar-refractivity contribution >= 4 is 21.7 Å². The Morgan fingerprint density at radius 3 is 2.00 bits per heavy atom. The monoisotopic (exact) mass is 586 g/mol. The van der Waals surface area contributed by atoms with E-state index in [1.165, 1.54) is 31.4 Å². The van der Waals surface area contributed by atoms with E-state index >= 15 is 0 Å². The number of primary sulfonamides is 1. The Kier molecular flexibility index (Phi) is 7.60. The molecule has 0 spiro atoms. The van der Waals surface area contributed by atoms with Crippen molar-refractivity contribution < 1.29 is 46.7 Å². The minimum atomic E-state index is -3.58. The molecule has 5 N–H and O–H groups in total. The Morgan fingerprint density at radius 1 is 0.878 bits per heavy atom. The van der Waals surface area contributed by atoms with Gasteiger partial charge >= 0.3 is 5.97 Å². The number of anilines is 1. The van der Waals surface area contributed by atoms with Gasteiger partial charge in [0.15, 0.2) is 23.0 Å². The number of ether oxygens (including phenoxy) is 6. The molecule has 3 aromatic rings. The predicted molar refractivity (Wildman–Crippen MR) is 146 cm³/mol. The Balaban J connectivity index is 0.000000259. The summed E-state index contributed by atoms with van der Waals surface area (Å²) >= 11 is 0. The van der Waals surface area contributed by atoms with E-state index in [9.17, 15) is 18.3 Å². The molecule has 0 amide bonds. The van der Waals surface area contributed by atoms with Gasteiger partial charge in [-0.3, -0.25) is 4.79 Å². The van der Waals surface area contributed by atoms with Crippen molar-refractivity contribution in [1.29, 1.82) is 0 Å². The fourth-order valence-corrected chi connectivity index (χ4v) is 5.99. The zero-order valence-corrected chi connectivity index (χ0v) is 23.3. The first-order chi connectivity index (χ1) is 19.6. The third kappa shape index (κ3) is 5.19. The van der Waals surface area contributed by atoms with Crippen LogP contribution in [0.1, 0.15) is 28.7 Å². The number of fused-ring (bicyclic) bond motifs is 3. The highest BCUT2D eigenvalue weighted by molar-refractivity contribution is 7.89. The van der Waals surface area contributed by atoms with Gasteiger partial charge in [0.2, 0.25) is 22.6 Å². The molecule has 0 radical (unpaired) electrons. The minimum absolute atomic E-state index is 0.0756. The number of hydrogen-bond donors (Lipinski definition) is 3. The van der Waals surface area contributed by atoms with Crippen LogP contribution in [0.2, 0.25) is 0 Å². The number of sulfonamides is 1. The Labute approximate surface area is 236 Å². The molecular formula is C28H30N2O10S. The predicted octanol–water partition coefficient (Wildman–Crippen LogP) is 2.33. The van der Waals surface area contributed by atoms with Crippen LogP contribution in [0, 0.1) is 11.8 Å². The molecular weight excluding hydrogens is 556 g/mol. The SMILES string of the molecule is COc1cc([C@@H]2c3cc4c(cc3[C@H](O)[C@H]3COC(=O)[C@H]23)OCO4)cc(OC)c1OC.Nc1ccc(S(N)(=O)=O)cc1. The number of aliphatic hydroxyl groups excluding tert-OH is 1.